The van der Waals surface area contributed by atoms with Crippen LogP contribution in [0.3, 0.4) is 0 Å². The summed E-state index contributed by atoms with van der Waals surface area (Å²) in [6, 6.07) is 3.42. The van der Waals surface area contributed by atoms with E-state index in [4.69, 9.17) is 0 Å². The van der Waals surface area contributed by atoms with Gasteiger partial charge in [-0.2, -0.15) is 0 Å². The summed E-state index contributed by atoms with van der Waals surface area (Å²) in [5.74, 6) is 0.200. The first-order valence-corrected chi connectivity index (χ1v) is 6.06. The highest BCUT2D eigenvalue weighted by molar-refractivity contribution is 5.39. The Bertz CT molecular complexity index is 505. The third kappa shape index (κ3) is 2.05. The van der Waals surface area contributed by atoms with Crippen molar-refractivity contribution in [3.05, 3.63) is 36.5 Å². The number of piperidine rings is 1. The summed E-state index contributed by atoms with van der Waals surface area (Å²) in [6.45, 7) is 1.58. The Kier molecular flexibility index (Phi) is 2.92. The Morgan fingerprint density at radius 3 is 2.72 bits per heavy atom. The smallest absolute Gasteiger partial charge is 0.165 e. The van der Waals surface area contributed by atoms with Crippen molar-refractivity contribution < 1.29 is 4.39 Å². The second-order valence-corrected chi connectivity index (χ2v) is 4.41. The van der Waals surface area contributed by atoms with Gasteiger partial charge in [0.1, 0.15) is 0 Å². The Morgan fingerprint density at radius 2 is 2.06 bits per heavy atom. The molecule has 2 aromatic heterocycles. The number of hydrogen-bond acceptors (Lipinski definition) is 4. The molecule has 0 spiro atoms. The van der Waals surface area contributed by atoms with Gasteiger partial charge in [0.15, 0.2) is 11.6 Å². The summed E-state index contributed by atoms with van der Waals surface area (Å²) in [7, 11) is 0. The largest absolute Gasteiger partial charge is 0.354 e. The van der Waals surface area contributed by atoms with Gasteiger partial charge in [-0.15, -0.1) is 5.10 Å². The zero-order valence-electron chi connectivity index (χ0n) is 9.91. The molecule has 5 nitrogen and oxygen atoms in total. The van der Waals surface area contributed by atoms with Crippen molar-refractivity contribution in [2.75, 3.05) is 18.0 Å². The van der Waals surface area contributed by atoms with E-state index < -0.39 is 0 Å². The molecule has 2 aromatic rings. The van der Waals surface area contributed by atoms with Crippen LogP contribution in [0, 0.1) is 5.82 Å². The molecule has 1 fully saturated rings. The third-order valence-corrected chi connectivity index (χ3v) is 3.32. The van der Waals surface area contributed by atoms with Crippen LogP contribution in [0.5, 0.6) is 0 Å². The lowest BCUT2D eigenvalue weighted by atomic mass is 10.1. The molecule has 0 bridgehead atoms. The van der Waals surface area contributed by atoms with E-state index in [1.807, 2.05) is 15.8 Å². The number of pyridine rings is 1. The van der Waals surface area contributed by atoms with Crippen molar-refractivity contribution in [3.63, 3.8) is 0 Å². The summed E-state index contributed by atoms with van der Waals surface area (Å²) in [4.78, 5) is 6.09. The van der Waals surface area contributed by atoms with Gasteiger partial charge in [0.05, 0.1) is 12.2 Å². The van der Waals surface area contributed by atoms with Gasteiger partial charge in [-0.05, 0) is 25.0 Å². The van der Waals surface area contributed by atoms with E-state index in [0.717, 1.165) is 25.9 Å². The van der Waals surface area contributed by atoms with Crippen LogP contribution in [0.4, 0.5) is 10.2 Å². The lowest BCUT2D eigenvalue weighted by Gasteiger charge is -2.32. The molecule has 1 saturated heterocycles. The Morgan fingerprint density at radius 1 is 1.22 bits per heavy atom. The second kappa shape index (κ2) is 4.72. The molecule has 0 aliphatic carbocycles. The standard InChI is InChI=1S/C12H14FN5/c13-11-2-1-5-14-12(11)17-7-3-10(4-8-17)18-9-6-15-16-18/h1-2,5-6,9-10H,3-4,7-8H2. The van der Waals surface area contributed by atoms with Gasteiger partial charge in [-0.25, -0.2) is 14.1 Å². The van der Waals surface area contributed by atoms with Crippen LogP contribution in [0.15, 0.2) is 30.7 Å². The summed E-state index contributed by atoms with van der Waals surface area (Å²) >= 11 is 0. The predicted octanol–water partition coefficient (Wildman–Crippen LogP) is 1.65. The van der Waals surface area contributed by atoms with E-state index in [1.165, 1.54) is 6.07 Å². The molecule has 94 valence electrons. The van der Waals surface area contributed by atoms with Gasteiger partial charge in [0, 0.05) is 25.5 Å². The fraction of sp³-hybridized carbons (Fsp3) is 0.417. The maximum absolute atomic E-state index is 13.6. The first-order chi connectivity index (χ1) is 8.84. The van der Waals surface area contributed by atoms with E-state index in [-0.39, 0.29) is 5.82 Å². The van der Waals surface area contributed by atoms with E-state index in [1.54, 1.807) is 18.5 Å². The van der Waals surface area contributed by atoms with Gasteiger partial charge in [-0.1, -0.05) is 5.21 Å². The number of halogens is 1. The van der Waals surface area contributed by atoms with Crippen molar-refractivity contribution in [2.24, 2.45) is 0 Å². The highest BCUT2D eigenvalue weighted by Gasteiger charge is 2.23. The number of nitrogens with zero attached hydrogens (tertiary/aromatic N) is 5. The zero-order chi connectivity index (χ0) is 12.4. The predicted molar refractivity (Wildman–Crippen MR) is 64.7 cm³/mol. The maximum Gasteiger partial charge on any atom is 0.165 e. The Labute approximate surface area is 104 Å². The monoisotopic (exact) mass is 247 g/mol. The quantitative estimate of drug-likeness (QED) is 0.809. The average Bonchev–Trinajstić information content (AvgIpc) is 2.94. The van der Waals surface area contributed by atoms with Crippen molar-refractivity contribution in [3.8, 4) is 0 Å². The van der Waals surface area contributed by atoms with Crippen LogP contribution in [0.2, 0.25) is 0 Å². The molecule has 0 saturated carbocycles. The average molecular weight is 247 g/mol. The van der Waals surface area contributed by atoms with Crippen LogP contribution in [-0.2, 0) is 0 Å². The lowest BCUT2D eigenvalue weighted by Crippen LogP contribution is -2.35. The molecule has 3 rings (SSSR count). The highest BCUT2D eigenvalue weighted by atomic mass is 19.1. The van der Waals surface area contributed by atoms with Crippen molar-refractivity contribution >= 4 is 5.82 Å². The molecule has 0 atom stereocenters. The highest BCUT2D eigenvalue weighted by Crippen LogP contribution is 2.25. The van der Waals surface area contributed by atoms with Crippen LogP contribution in [0.25, 0.3) is 0 Å². The molecule has 0 aromatic carbocycles. The van der Waals surface area contributed by atoms with Gasteiger partial charge < -0.3 is 4.90 Å². The minimum absolute atomic E-state index is 0.253. The molecule has 18 heavy (non-hydrogen) atoms. The minimum atomic E-state index is -0.253. The van der Waals surface area contributed by atoms with Crippen LogP contribution in [0.1, 0.15) is 18.9 Å². The lowest BCUT2D eigenvalue weighted by molar-refractivity contribution is 0.357. The first kappa shape index (κ1) is 11.1. The van der Waals surface area contributed by atoms with Crippen molar-refractivity contribution in [1.82, 2.24) is 20.0 Å². The van der Waals surface area contributed by atoms with E-state index in [9.17, 15) is 4.39 Å². The molecule has 1 aliphatic heterocycles. The summed E-state index contributed by atoms with van der Waals surface area (Å²) < 4.78 is 15.5. The first-order valence-electron chi connectivity index (χ1n) is 6.06. The maximum atomic E-state index is 13.6. The summed E-state index contributed by atoms with van der Waals surface area (Å²) in [5.41, 5.74) is 0. The Hall–Kier alpha value is -1.98. The van der Waals surface area contributed by atoms with Gasteiger partial charge in [-0.3, -0.25) is 0 Å². The molecule has 0 radical (unpaired) electrons. The van der Waals surface area contributed by atoms with Crippen molar-refractivity contribution in [2.45, 2.75) is 18.9 Å². The molecule has 0 unspecified atom stereocenters. The molecule has 3 heterocycles. The minimum Gasteiger partial charge on any atom is -0.354 e. The summed E-state index contributed by atoms with van der Waals surface area (Å²) in [6.07, 6.45) is 7.05. The zero-order valence-corrected chi connectivity index (χ0v) is 9.91. The third-order valence-electron chi connectivity index (χ3n) is 3.32. The van der Waals surface area contributed by atoms with E-state index in [0.29, 0.717) is 11.9 Å². The SMILES string of the molecule is Fc1cccnc1N1CCC(n2ccnn2)CC1. The van der Waals surface area contributed by atoms with Crippen molar-refractivity contribution in [1.29, 1.82) is 0 Å². The molecule has 6 heteroatoms. The normalized spacial score (nSPS) is 17.1. The number of anilines is 1. The van der Waals surface area contributed by atoms with Gasteiger partial charge in [0.2, 0.25) is 0 Å². The fourth-order valence-corrected chi connectivity index (χ4v) is 2.36. The Balaban J connectivity index is 1.69. The molecule has 1 aliphatic rings. The van der Waals surface area contributed by atoms with Crippen LogP contribution < -0.4 is 4.90 Å². The van der Waals surface area contributed by atoms with Crippen LogP contribution in [-0.4, -0.2) is 33.1 Å². The summed E-state index contributed by atoms with van der Waals surface area (Å²) in [5, 5.41) is 7.83. The molecular weight excluding hydrogens is 233 g/mol. The van der Waals surface area contributed by atoms with E-state index in [2.05, 4.69) is 15.3 Å². The molecule has 0 N–H and O–H groups in total. The topological polar surface area (TPSA) is 46.8 Å². The van der Waals surface area contributed by atoms with Gasteiger partial charge >= 0.3 is 0 Å². The van der Waals surface area contributed by atoms with Crippen LogP contribution >= 0.6 is 0 Å². The second-order valence-electron chi connectivity index (χ2n) is 4.41. The fourth-order valence-electron chi connectivity index (χ4n) is 2.36. The number of aromatic nitrogens is 4. The number of rotatable bonds is 2. The van der Waals surface area contributed by atoms with Gasteiger partial charge in [0.25, 0.3) is 0 Å². The number of hydrogen-bond donors (Lipinski definition) is 0. The molecule has 0 amide bonds. The molecular formula is C12H14FN5. The van der Waals surface area contributed by atoms with E-state index >= 15 is 0 Å².